The molecule has 2 amide bonds. The molecule has 0 saturated heterocycles. The average Bonchev–Trinajstić information content (AvgIpc) is 3.49. The Balaban J connectivity index is 1.51. The summed E-state index contributed by atoms with van der Waals surface area (Å²) in [4.78, 5) is 39.6. The minimum absolute atomic E-state index is 0.0311. The zero-order chi connectivity index (χ0) is 30.8. The number of allylic oxidation sites excluding steroid dienone is 3. The van der Waals surface area contributed by atoms with Crippen LogP contribution in [0, 0.1) is 0 Å². The van der Waals surface area contributed by atoms with Gasteiger partial charge in [0, 0.05) is 6.42 Å². The average molecular weight is 609 g/mol. The Kier molecular flexibility index (Phi) is 10.9. The molecule has 2 aromatic rings. The number of rotatable bonds is 11. The number of hydrogen-bond acceptors (Lipinski definition) is 8. The third-order valence-corrected chi connectivity index (χ3v) is 8.41. The van der Waals surface area contributed by atoms with Crippen molar-refractivity contribution in [3.8, 4) is 0 Å². The highest BCUT2D eigenvalue weighted by Gasteiger charge is 2.46. The van der Waals surface area contributed by atoms with Gasteiger partial charge in [0.05, 0.1) is 10.9 Å². The van der Waals surface area contributed by atoms with Crippen LogP contribution < -0.4 is 10.6 Å². The van der Waals surface area contributed by atoms with Crippen molar-refractivity contribution in [1.82, 2.24) is 10.6 Å². The number of ether oxygens (including phenoxy) is 2. The Morgan fingerprint density at radius 1 is 0.907 bits per heavy atom. The van der Waals surface area contributed by atoms with E-state index in [-0.39, 0.29) is 30.9 Å². The number of carbonyl (C=O) groups is 3. The largest absolute Gasteiger partial charge is 0.459 e. The fourth-order valence-corrected chi connectivity index (χ4v) is 5.93. The van der Waals surface area contributed by atoms with Crippen LogP contribution in [0.4, 0.5) is 4.79 Å². The Labute approximate surface area is 252 Å². The van der Waals surface area contributed by atoms with Crippen molar-refractivity contribution in [2.24, 2.45) is 0 Å². The van der Waals surface area contributed by atoms with E-state index < -0.39 is 45.9 Å². The van der Waals surface area contributed by atoms with E-state index in [9.17, 15) is 27.9 Å². The van der Waals surface area contributed by atoms with E-state index in [1.54, 1.807) is 43.3 Å². The predicted molar refractivity (Wildman–Crippen MR) is 160 cm³/mol. The molecule has 0 spiro atoms. The molecule has 0 aliphatic heterocycles. The quantitative estimate of drug-likeness (QED) is 0.259. The van der Waals surface area contributed by atoms with E-state index in [0.29, 0.717) is 31.3 Å². The Morgan fingerprint density at radius 3 is 2.07 bits per heavy atom. The topological polar surface area (TPSA) is 148 Å². The molecular weight excluding hydrogens is 572 g/mol. The Hall–Kier alpha value is -4.22. The van der Waals surface area contributed by atoms with Crippen LogP contribution in [0.25, 0.3) is 0 Å². The first kappa shape index (κ1) is 31.7. The lowest BCUT2D eigenvalue weighted by Crippen LogP contribution is -2.59. The summed E-state index contributed by atoms with van der Waals surface area (Å²) in [6.45, 7) is 1.77. The van der Waals surface area contributed by atoms with Crippen molar-refractivity contribution < 1.29 is 37.4 Å². The van der Waals surface area contributed by atoms with E-state index in [0.717, 1.165) is 16.7 Å². The monoisotopic (exact) mass is 608 g/mol. The van der Waals surface area contributed by atoms with Gasteiger partial charge in [-0.25, -0.2) is 9.59 Å². The first-order valence-electron chi connectivity index (χ1n) is 14.2. The molecule has 11 heteroatoms. The highest BCUT2D eigenvalue weighted by atomic mass is 32.2. The first-order chi connectivity index (χ1) is 20.7. The summed E-state index contributed by atoms with van der Waals surface area (Å²) >= 11 is 0. The van der Waals surface area contributed by atoms with Crippen molar-refractivity contribution in [1.29, 1.82) is 0 Å². The summed E-state index contributed by atoms with van der Waals surface area (Å²) in [6.07, 6.45) is 2.63. The maximum atomic E-state index is 13.5. The van der Waals surface area contributed by atoms with E-state index in [4.69, 9.17) is 9.47 Å². The number of aliphatic hydroxyl groups is 1. The number of aliphatic hydroxyl groups excluding tert-OH is 1. The number of esters is 1. The first-order valence-corrected chi connectivity index (χ1v) is 15.2. The predicted octanol–water partition coefficient (Wildman–Crippen LogP) is 3.53. The van der Waals surface area contributed by atoms with Gasteiger partial charge in [0.1, 0.15) is 18.8 Å². The zero-order valence-electron chi connectivity index (χ0n) is 24.0. The smallest absolute Gasteiger partial charge is 0.407 e. The van der Waals surface area contributed by atoms with Crippen LogP contribution in [0.2, 0.25) is 0 Å². The number of hydrogen-bond donors (Lipinski definition) is 3. The second-order valence-corrected chi connectivity index (χ2v) is 11.8. The summed E-state index contributed by atoms with van der Waals surface area (Å²) in [5.74, 6) is -1.49. The molecule has 0 heterocycles. The maximum absolute atomic E-state index is 13.5. The second-order valence-electron chi connectivity index (χ2n) is 10.8. The van der Waals surface area contributed by atoms with Crippen LogP contribution in [-0.4, -0.2) is 54.0 Å². The van der Waals surface area contributed by atoms with Crippen LogP contribution in [0.5, 0.6) is 0 Å². The third kappa shape index (κ3) is 8.65. The summed E-state index contributed by atoms with van der Waals surface area (Å²) in [5.41, 5.74) is 1.37. The van der Waals surface area contributed by atoms with E-state index in [1.807, 2.05) is 36.4 Å². The van der Waals surface area contributed by atoms with Crippen LogP contribution in [0.15, 0.2) is 84.0 Å². The highest BCUT2D eigenvalue weighted by Crippen LogP contribution is 2.32. The SMILES string of the molecule is CC1=CC=C(C[C@H](NC(=O)OCc2ccccc2)[C@@H](O)C(=O)NC2(C(=O)OCc3ccccc3)CCCC2)C(=S(=O)=O)C1. The number of benzene rings is 2. The third-order valence-electron chi connectivity index (χ3n) is 7.60. The number of amides is 2. The van der Waals surface area contributed by atoms with E-state index in [2.05, 4.69) is 10.6 Å². The van der Waals surface area contributed by atoms with Crippen molar-refractivity contribution in [2.75, 3.05) is 0 Å². The van der Waals surface area contributed by atoms with Gasteiger partial charge in [-0.3, -0.25) is 4.79 Å². The molecule has 0 radical (unpaired) electrons. The highest BCUT2D eigenvalue weighted by molar-refractivity contribution is 7.73. The van der Waals surface area contributed by atoms with E-state index >= 15 is 0 Å². The van der Waals surface area contributed by atoms with Gasteiger partial charge in [0.15, 0.2) is 6.10 Å². The van der Waals surface area contributed by atoms with Crippen LogP contribution in [0.3, 0.4) is 0 Å². The van der Waals surface area contributed by atoms with Gasteiger partial charge in [-0.15, -0.1) is 0 Å². The molecule has 2 aromatic carbocycles. The summed E-state index contributed by atoms with van der Waals surface area (Å²) < 4.78 is 34.8. The lowest BCUT2D eigenvalue weighted by Gasteiger charge is -2.31. The second kappa shape index (κ2) is 14.8. The molecule has 43 heavy (non-hydrogen) atoms. The molecule has 2 atom stereocenters. The fraction of sp³-hybridized carbons (Fsp3) is 0.375. The molecular formula is C32H36N2O8S. The standard InChI is InChI=1S/C32H36N2O8S/c1-22-14-15-25(27(18-22)43(39)40)19-26(33-31(38)42-21-24-12-6-3-7-13-24)28(35)29(36)34-32(16-8-9-17-32)30(37)41-20-23-10-4-2-5-11-23/h2-7,10-15,26,28,35H,8-9,16-21H2,1H3,(H,33,38)(H,34,36)/t26-,28+/m0/s1. The zero-order valence-corrected chi connectivity index (χ0v) is 24.8. The van der Waals surface area contributed by atoms with Crippen LogP contribution in [0.1, 0.15) is 56.6 Å². The molecule has 0 unspecified atom stereocenters. The normalized spacial score (nSPS) is 17.1. The summed E-state index contributed by atoms with van der Waals surface area (Å²) in [5, 5.41) is 16.5. The maximum Gasteiger partial charge on any atom is 0.407 e. The Morgan fingerprint density at radius 2 is 1.49 bits per heavy atom. The summed E-state index contributed by atoms with van der Waals surface area (Å²) in [6, 6.07) is 16.8. The lowest BCUT2D eigenvalue weighted by molar-refractivity contribution is -0.156. The molecule has 1 saturated carbocycles. The van der Waals surface area contributed by atoms with Crippen molar-refractivity contribution in [3.05, 3.63) is 95.1 Å². The molecule has 3 N–H and O–H groups in total. The van der Waals surface area contributed by atoms with E-state index in [1.165, 1.54) is 0 Å². The van der Waals surface area contributed by atoms with Crippen molar-refractivity contribution in [3.63, 3.8) is 0 Å². The molecule has 1 fully saturated rings. The number of alkyl carbamates (subject to hydrolysis) is 1. The lowest BCUT2D eigenvalue weighted by atomic mass is 9.91. The van der Waals surface area contributed by atoms with Gasteiger partial charge in [-0.05, 0) is 42.9 Å². The van der Waals surface area contributed by atoms with Crippen LogP contribution in [-0.2, 0) is 42.6 Å². The van der Waals surface area contributed by atoms with Crippen molar-refractivity contribution in [2.45, 2.75) is 76.3 Å². The molecule has 228 valence electrons. The van der Waals surface area contributed by atoms with Gasteiger partial charge in [-0.2, -0.15) is 8.42 Å². The molecule has 2 aliphatic carbocycles. The van der Waals surface area contributed by atoms with Crippen molar-refractivity contribution >= 4 is 33.1 Å². The summed E-state index contributed by atoms with van der Waals surface area (Å²) in [7, 11) is -2.55. The van der Waals surface area contributed by atoms with Gasteiger partial charge < -0.3 is 25.2 Å². The van der Waals surface area contributed by atoms with Gasteiger partial charge >= 0.3 is 12.1 Å². The minimum atomic E-state index is -2.55. The van der Waals surface area contributed by atoms with Gasteiger partial charge in [-0.1, -0.05) is 91.2 Å². The van der Waals surface area contributed by atoms with Gasteiger partial charge in [0.2, 0.25) is 10.3 Å². The Bertz CT molecular complexity index is 1500. The minimum Gasteiger partial charge on any atom is -0.459 e. The molecule has 2 aliphatic rings. The molecule has 10 nitrogen and oxygen atoms in total. The number of carbonyl (C=O) groups excluding carboxylic acids is 3. The molecule has 4 rings (SSSR count). The van der Waals surface area contributed by atoms with Crippen LogP contribution >= 0.6 is 0 Å². The van der Waals surface area contributed by atoms with Gasteiger partial charge in [0.25, 0.3) is 5.91 Å². The molecule has 0 aromatic heterocycles. The number of nitrogens with one attached hydrogen (secondary N) is 2. The fourth-order valence-electron chi connectivity index (χ4n) is 5.22. The molecule has 0 bridgehead atoms.